The number of anilines is 1. The van der Waals surface area contributed by atoms with Gasteiger partial charge in [-0.25, -0.2) is 9.37 Å². The molecule has 7 nitrogen and oxygen atoms in total. The monoisotopic (exact) mass is 361 g/mol. The first-order valence-corrected chi connectivity index (χ1v) is 7.62. The van der Waals surface area contributed by atoms with Gasteiger partial charge in [0.15, 0.2) is 0 Å². The van der Waals surface area contributed by atoms with E-state index < -0.39 is 11.7 Å². The van der Waals surface area contributed by atoms with E-state index in [9.17, 15) is 14.0 Å². The van der Waals surface area contributed by atoms with Crippen LogP contribution in [0.4, 0.5) is 10.2 Å². The van der Waals surface area contributed by atoms with E-state index in [0.717, 1.165) is 12.1 Å². The number of H-pyrrole nitrogens is 1. The quantitative estimate of drug-likeness (QED) is 0.750. The molecule has 3 aromatic rings. The molecule has 0 saturated carbocycles. The maximum atomic E-state index is 13.1. The molecule has 9 heteroatoms. The minimum absolute atomic E-state index is 0.0117. The normalized spacial score (nSPS) is 10.7. The van der Waals surface area contributed by atoms with Crippen LogP contribution in [0.25, 0.3) is 5.95 Å². The summed E-state index contributed by atoms with van der Waals surface area (Å²) in [5.41, 5.74) is 0.879. The summed E-state index contributed by atoms with van der Waals surface area (Å²) in [5, 5.41) is 6.85. The molecule has 0 saturated heterocycles. The van der Waals surface area contributed by atoms with Crippen LogP contribution < -0.4 is 10.9 Å². The molecule has 0 spiro atoms. The first-order chi connectivity index (χ1) is 11.8. The summed E-state index contributed by atoms with van der Waals surface area (Å²) in [6.45, 7) is 3.40. The third kappa shape index (κ3) is 3.58. The maximum absolute atomic E-state index is 13.1. The second kappa shape index (κ2) is 6.48. The van der Waals surface area contributed by atoms with Crippen molar-refractivity contribution in [2.45, 2.75) is 13.8 Å². The van der Waals surface area contributed by atoms with Crippen LogP contribution in [0.15, 0.2) is 35.1 Å². The van der Waals surface area contributed by atoms with Crippen LogP contribution in [0.5, 0.6) is 0 Å². The van der Waals surface area contributed by atoms with Crippen molar-refractivity contribution in [1.82, 2.24) is 19.7 Å². The van der Waals surface area contributed by atoms with Crippen molar-refractivity contribution in [3.63, 3.8) is 0 Å². The fourth-order valence-electron chi connectivity index (χ4n) is 2.27. The Hall–Kier alpha value is -3.00. The molecule has 0 aliphatic heterocycles. The molecule has 1 aromatic carbocycles. The zero-order valence-corrected chi connectivity index (χ0v) is 14.1. The molecule has 2 heterocycles. The first kappa shape index (κ1) is 16.8. The van der Waals surface area contributed by atoms with E-state index in [1.54, 1.807) is 19.9 Å². The van der Waals surface area contributed by atoms with Crippen LogP contribution in [0.2, 0.25) is 5.02 Å². The van der Waals surface area contributed by atoms with Gasteiger partial charge in [-0.3, -0.25) is 14.6 Å². The van der Waals surface area contributed by atoms with Gasteiger partial charge >= 0.3 is 0 Å². The Balaban J connectivity index is 1.98. The van der Waals surface area contributed by atoms with Crippen LogP contribution in [0, 0.1) is 19.7 Å². The van der Waals surface area contributed by atoms with Crippen LogP contribution >= 0.6 is 11.6 Å². The average Bonchev–Trinajstić information content (AvgIpc) is 2.86. The Labute approximate surface area is 146 Å². The van der Waals surface area contributed by atoms with Gasteiger partial charge in [-0.15, -0.1) is 0 Å². The van der Waals surface area contributed by atoms with E-state index in [1.165, 1.54) is 16.8 Å². The third-order valence-corrected chi connectivity index (χ3v) is 3.62. The number of halogens is 2. The topological polar surface area (TPSA) is 92.7 Å². The largest absolute Gasteiger partial charge is 0.306 e. The Morgan fingerprint density at radius 2 is 2.00 bits per heavy atom. The van der Waals surface area contributed by atoms with Crippen molar-refractivity contribution in [3.8, 4) is 5.95 Å². The maximum Gasteiger partial charge on any atom is 0.258 e. The molecule has 3 rings (SSSR count). The second-order valence-corrected chi connectivity index (χ2v) is 5.78. The van der Waals surface area contributed by atoms with E-state index >= 15 is 0 Å². The summed E-state index contributed by atoms with van der Waals surface area (Å²) in [4.78, 5) is 30.8. The Morgan fingerprint density at radius 3 is 2.68 bits per heavy atom. The number of amides is 1. The number of aromatic nitrogens is 4. The van der Waals surface area contributed by atoms with Gasteiger partial charge in [-0.05, 0) is 32.0 Å². The van der Waals surface area contributed by atoms with Gasteiger partial charge in [0, 0.05) is 17.8 Å². The van der Waals surface area contributed by atoms with Crippen LogP contribution in [-0.4, -0.2) is 25.7 Å². The van der Waals surface area contributed by atoms with Crippen molar-refractivity contribution in [2.24, 2.45) is 0 Å². The highest BCUT2D eigenvalue weighted by atomic mass is 35.5. The molecule has 0 atom stereocenters. The van der Waals surface area contributed by atoms with Crippen molar-refractivity contribution in [1.29, 1.82) is 0 Å². The molecule has 0 unspecified atom stereocenters. The standard InChI is InChI=1S/C16H13ClFN5O2/c1-8-6-14(24)21-16(19-8)23-13(5-9(2)22-23)20-15(25)11-4-3-10(18)7-12(11)17/h3-7H,1-2H3,(H,20,25)(H,19,21,24). The molecular weight excluding hydrogens is 349 g/mol. The average molecular weight is 362 g/mol. The first-order valence-electron chi connectivity index (χ1n) is 7.25. The SMILES string of the molecule is Cc1cc(=O)[nH]c(-n2nc(C)cc2NC(=O)c2ccc(F)cc2Cl)n1. The fourth-order valence-corrected chi connectivity index (χ4v) is 2.52. The lowest BCUT2D eigenvalue weighted by molar-refractivity contribution is 0.102. The number of aromatic amines is 1. The summed E-state index contributed by atoms with van der Waals surface area (Å²) in [6.07, 6.45) is 0. The van der Waals surface area contributed by atoms with Crippen molar-refractivity contribution in [2.75, 3.05) is 5.32 Å². The number of nitrogens with zero attached hydrogens (tertiary/aromatic N) is 3. The van der Waals surface area contributed by atoms with Gasteiger partial charge in [-0.1, -0.05) is 11.6 Å². The summed E-state index contributed by atoms with van der Waals surface area (Å²) in [6, 6.07) is 6.43. The van der Waals surface area contributed by atoms with E-state index in [2.05, 4.69) is 20.4 Å². The predicted octanol–water partition coefficient (Wildman–Crippen LogP) is 2.62. The van der Waals surface area contributed by atoms with E-state index in [-0.39, 0.29) is 27.9 Å². The number of hydrogen-bond acceptors (Lipinski definition) is 4. The zero-order valence-electron chi connectivity index (χ0n) is 13.3. The van der Waals surface area contributed by atoms with Crippen LogP contribution in [-0.2, 0) is 0 Å². The minimum atomic E-state index is -0.541. The molecule has 0 fully saturated rings. The molecule has 0 aliphatic rings. The lowest BCUT2D eigenvalue weighted by Gasteiger charge is -2.09. The van der Waals surface area contributed by atoms with Gasteiger partial charge in [0.05, 0.1) is 16.3 Å². The van der Waals surface area contributed by atoms with Gasteiger partial charge < -0.3 is 5.32 Å². The van der Waals surface area contributed by atoms with Crippen molar-refractivity contribution >= 4 is 23.3 Å². The van der Waals surface area contributed by atoms with E-state index in [1.807, 2.05) is 0 Å². The van der Waals surface area contributed by atoms with E-state index in [4.69, 9.17) is 11.6 Å². The van der Waals surface area contributed by atoms with Crippen molar-refractivity contribution in [3.05, 3.63) is 68.5 Å². The molecule has 1 amide bonds. The molecular formula is C16H13ClFN5O2. The van der Waals surface area contributed by atoms with Crippen molar-refractivity contribution < 1.29 is 9.18 Å². The highest BCUT2D eigenvalue weighted by Crippen LogP contribution is 2.20. The number of rotatable bonds is 3. The van der Waals surface area contributed by atoms with Gasteiger partial charge in [-0.2, -0.15) is 9.78 Å². The summed E-state index contributed by atoms with van der Waals surface area (Å²) in [7, 11) is 0. The minimum Gasteiger partial charge on any atom is -0.306 e. The highest BCUT2D eigenvalue weighted by molar-refractivity contribution is 6.34. The zero-order chi connectivity index (χ0) is 18.1. The number of nitrogens with one attached hydrogen (secondary N) is 2. The van der Waals surface area contributed by atoms with E-state index in [0.29, 0.717) is 11.4 Å². The predicted molar refractivity (Wildman–Crippen MR) is 90.8 cm³/mol. The van der Waals surface area contributed by atoms with Crippen LogP contribution in [0.3, 0.4) is 0 Å². The number of hydrogen-bond donors (Lipinski definition) is 2. The van der Waals surface area contributed by atoms with Gasteiger partial charge in [0.1, 0.15) is 11.6 Å². The Morgan fingerprint density at radius 1 is 1.24 bits per heavy atom. The smallest absolute Gasteiger partial charge is 0.258 e. The molecule has 128 valence electrons. The third-order valence-electron chi connectivity index (χ3n) is 3.31. The van der Waals surface area contributed by atoms with Gasteiger partial charge in [0.25, 0.3) is 11.5 Å². The molecule has 0 radical (unpaired) electrons. The highest BCUT2D eigenvalue weighted by Gasteiger charge is 2.16. The lowest BCUT2D eigenvalue weighted by Crippen LogP contribution is -2.19. The molecule has 0 bridgehead atoms. The number of carbonyl (C=O) groups is 1. The number of aryl methyl sites for hydroxylation is 2. The molecule has 25 heavy (non-hydrogen) atoms. The van der Waals surface area contributed by atoms with Gasteiger partial charge in [0.2, 0.25) is 5.95 Å². The second-order valence-electron chi connectivity index (χ2n) is 5.37. The van der Waals surface area contributed by atoms with Crippen LogP contribution in [0.1, 0.15) is 21.7 Å². The summed E-state index contributed by atoms with van der Waals surface area (Å²) in [5.74, 6) is -0.625. The number of benzene rings is 1. The number of carbonyl (C=O) groups excluding carboxylic acids is 1. The fraction of sp³-hybridized carbons (Fsp3) is 0.125. The molecule has 2 N–H and O–H groups in total. The molecule has 2 aromatic heterocycles. The Bertz CT molecular complexity index is 1030. The summed E-state index contributed by atoms with van der Waals surface area (Å²) < 4.78 is 14.4. The summed E-state index contributed by atoms with van der Waals surface area (Å²) >= 11 is 5.91. The lowest BCUT2D eigenvalue weighted by atomic mass is 10.2. The Kier molecular flexibility index (Phi) is 4.37. The molecule has 0 aliphatic carbocycles.